The largest absolute Gasteiger partial charge is 0.466 e. The SMILES string of the molecule is C=C(CCC(=O)OCC)CC(NC(=O)[C@H](C)NC(=O)OC(C)(C)C)(C(=O)OCC)C(=O)OCC. The molecule has 34 heavy (non-hydrogen) atoms. The molecule has 11 nitrogen and oxygen atoms in total. The summed E-state index contributed by atoms with van der Waals surface area (Å²) in [5.74, 6) is -3.43. The van der Waals surface area contributed by atoms with Gasteiger partial charge in [-0.15, -0.1) is 0 Å². The summed E-state index contributed by atoms with van der Waals surface area (Å²) in [7, 11) is 0. The van der Waals surface area contributed by atoms with Crippen LogP contribution in [-0.2, 0) is 38.1 Å². The third-order valence-electron chi connectivity index (χ3n) is 4.21. The van der Waals surface area contributed by atoms with Crippen molar-refractivity contribution in [1.29, 1.82) is 0 Å². The molecule has 11 heteroatoms. The lowest BCUT2D eigenvalue weighted by molar-refractivity contribution is -0.168. The summed E-state index contributed by atoms with van der Waals surface area (Å²) in [5.41, 5.74) is -2.75. The highest BCUT2D eigenvalue weighted by Crippen LogP contribution is 2.24. The number of nitrogens with one attached hydrogen (secondary N) is 2. The zero-order chi connectivity index (χ0) is 26.5. The summed E-state index contributed by atoms with van der Waals surface area (Å²) in [6, 6.07) is -1.18. The molecule has 0 spiro atoms. The molecule has 0 unspecified atom stereocenters. The van der Waals surface area contributed by atoms with Crippen LogP contribution in [0, 0.1) is 0 Å². The minimum atomic E-state index is -2.27. The first kappa shape index (κ1) is 30.9. The Bertz CT molecular complexity index is 738. The molecule has 0 saturated carbocycles. The van der Waals surface area contributed by atoms with E-state index in [0.29, 0.717) is 5.57 Å². The van der Waals surface area contributed by atoms with Gasteiger partial charge in [0.2, 0.25) is 11.4 Å². The van der Waals surface area contributed by atoms with E-state index < -0.39 is 47.1 Å². The number of alkyl carbamates (subject to hydrolysis) is 1. The maximum absolute atomic E-state index is 12.9. The van der Waals surface area contributed by atoms with Gasteiger partial charge in [0, 0.05) is 12.8 Å². The Hall–Kier alpha value is -3.11. The molecule has 0 heterocycles. The van der Waals surface area contributed by atoms with Gasteiger partial charge in [0.1, 0.15) is 11.6 Å². The number of carbonyl (C=O) groups excluding carboxylic acids is 5. The topological polar surface area (TPSA) is 146 Å². The summed E-state index contributed by atoms with van der Waals surface area (Å²) >= 11 is 0. The van der Waals surface area contributed by atoms with Crippen LogP contribution in [0.25, 0.3) is 0 Å². The monoisotopic (exact) mass is 486 g/mol. The Morgan fingerprint density at radius 3 is 1.79 bits per heavy atom. The molecule has 194 valence electrons. The lowest BCUT2D eigenvalue weighted by Crippen LogP contribution is -2.64. The first-order valence-corrected chi connectivity index (χ1v) is 11.2. The summed E-state index contributed by atoms with van der Waals surface area (Å²) < 4.78 is 20.1. The number of hydrogen-bond acceptors (Lipinski definition) is 9. The van der Waals surface area contributed by atoms with Crippen LogP contribution in [0.4, 0.5) is 4.79 Å². The summed E-state index contributed by atoms with van der Waals surface area (Å²) in [5, 5.41) is 4.72. The van der Waals surface area contributed by atoms with E-state index in [-0.39, 0.29) is 39.1 Å². The maximum Gasteiger partial charge on any atom is 0.408 e. The first-order chi connectivity index (χ1) is 15.7. The highest BCUT2D eigenvalue weighted by molar-refractivity contribution is 6.08. The minimum absolute atomic E-state index is 0.0288. The van der Waals surface area contributed by atoms with Crippen LogP contribution >= 0.6 is 0 Å². The Labute approximate surface area is 200 Å². The van der Waals surface area contributed by atoms with Gasteiger partial charge >= 0.3 is 24.0 Å². The number of amides is 2. The van der Waals surface area contributed by atoms with Crippen molar-refractivity contribution in [3.8, 4) is 0 Å². The van der Waals surface area contributed by atoms with Gasteiger partial charge < -0.3 is 29.6 Å². The second-order valence-corrected chi connectivity index (χ2v) is 8.44. The van der Waals surface area contributed by atoms with Gasteiger partial charge in [0.15, 0.2) is 0 Å². The van der Waals surface area contributed by atoms with E-state index in [0.717, 1.165) is 0 Å². The zero-order valence-electron chi connectivity index (χ0n) is 21.2. The fraction of sp³-hybridized carbons (Fsp3) is 0.696. The molecule has 0 fully saturated rings. The van der Waals surface area contributed by atoms with Crippen molar-refractivity contribution in [2.24, 2.45) is 0 Å². The molecule has 0 aromatic heterocycles. The van der Waals surface area contributed by atoms with Crippen molar-refractivity contribution in [2.45, 2.75) is 84.9 Å². The van der Waals surface area contributed by atoms with E-state index in [2.05, 4.69) is 17.2 Å². The van der Waals surface area contributed by atoms with E-state index in [1.165, 1.54) is 20.8 Å². The third kappa shape index (κ3) is 10.7. The van der Waals surface area contributed by atoms with E-state index in [9.17, 15) is 24.0 Å². The Balaban J connectivity index is 5.83. The molecule has 0 aromatic rings. The van der Waals surface area contributed by atoms with Crippen molar-refractivity contribution in [2.75, 3.05) is 19.8 Å². The molecule has 2 amide bonds. The van der Waals surface area contributed by atoms with Gasteiger partial charge in [-0.25, -0.2) is 14.4 Å². The fourth-order valence-corrected chi connectivity index (χ4v) is 2.73. The number of hydrogen-bond donors (Lipinski definition) is 2. The molecular weight excluding hydrogens is 448 g/mol. The van der Waals surface area contributed by atoms with Crippen molar-refractivity contribution >= 4 is 29.9 Å². The third-order valence-corrected chi connectivity index (χ3v) is 4.21. The van der Waals surface area contributed by atoms with E-state index >= 15 is 0 Å². The van der Waals surface area contributed by atoms with Gasteiger partial charge in [0.25, 0.3) is 0 Å². The molecule has 1 atom stereocenters. The molecule has 0 rings (SSSR count). The highest BCUT2D eigenvalue weighted by Gasteiger charge is 2.51. The van der Waals surface area contributed by atoms with Gasteiger partial charge in [-0.3, -0.25) is 9.59 Å². The van der Waals surface area contributed by atoms with E-state index in [1.807, 2.05) is 0 Å². The van der Waals surface area contributed by atoms with Crippen LogP contribution < -0.4 is 10.6 Å². The van der Waals surface area contributed by atoms with Crippen LogP contribution in [0.1, 0.15) is 67.7 Å². The number of rotatable bonds is 13. The molecular formula is C23H38N2O9. The van der Waals surface area contributed by atoms with Crippen LogP contribution in [-0.4, -0.2) is 66.9 Å². The van der Waals surface area contributed by atoms with Gasteiger partial charge in [0.05, 0.1) is 19.8 Å². The Morgan fingerprint density at radius 2 is 1.35 bits per heavy atom. The molecule has 0 aliphatic carbocycles. The second kappa shape index (κ2) is 14.2. The normalized spacial score (nSPS) is 12.1. The Kier molecular flexibility index (Phi) is 12.9. The predicted molar refractivity (Wildman–Crippen MR) is 123 cm³/mol. The van der Waals surface area contributed by atoms with Crippen LogP contribution in [0.3, 0.4) is 0 Å². The standard InChI is InChI=1S/C23H38N2O9/c1-9-31-17(26)13-12-15(4)14-23(19(28)32-10-2,20(29)33-11-3)25-18(27)16(5)24-21(30)34-22(6,7)8/h16H,4,9-14H2,1-3,5-8H3,(H,24,30)(H,25,27)/t16-/m0/s1. The first-order valence-electron chi connectivity index (χ1n) is 11.2. The van der Waals surface area contributed by atoms with Crippen molar-refractivity contribution in [1.82, 2.24) is 10.6 Å². The second-order valence-electron chi connectivity index (χ2n) is 8.44. The molecule has 0 aliphatic heterocycles. The zero-order valence-corrected chi connectivity index (χ0v) is 21.2. The Morgan fingerprint density at radius 1 is 0.853 bits per heavy atom. The molecule has 0 aromatic carbocycles. The summed E-state index contributed by atoms with van der Waals surface area (Å²) in [6.07, 6.45) is -1.17. The van der Waals surface area contributed by atoms with Gasteiger partial charge in [-0.05, 0) is 54.9 Å². The van der Waals surface area contributed by atoms with Crippen molar-refractivity contribution in [3.63, 3.8) is 0 Å². The van der Waals surface area contributed by atoms with Crippen LogP contribution in [0.15, 0.2) is 12.2 Å². The van der Waals surface area contributed by atoms with Crippen LogP contribution in [0.5, 0.6) is 0 Å². The van der Waals surface area contributed by atoms with Crippen molar-refractivity contribution in [3.05, 3.63) is 12.2 Å². The average molecular weight is 487 g/mol. The molecule has 0 aliphatic rings. The predicted octanol–water partition coefficient (Wildman–Crippen LogP) is 2.17. The number of carbonyl (C=O) groups is 5. The summed E-state index contributed by atoms with van der Waals surface area (Å²) in [6.45, 7) is 15.0. The quantitative estimate of drug-likeness (QED) is 0.173. The van der Waals surface area contributed by atoms with Gasteiger partial charge in [-0.2, -0.15) is 0 Å². The molecule has 0 saturated heterocycles. The highest BCUT2D eigenvalue weighted by atomic mass is 16.6. The summed E-state index contributed by atoms with van der Waals surface area (Å²) in [4.78, 5) is 62.5. The number of ether oxygens (including phenoxy) is 4. The lowest BCUT2D eigenvalue weighted by Gasteiger charge is -2.32. The maximum atomic E-state index is 12.9. The van der Waals surface area contributed by atoms with Crippen LogP contribution in [0.2, 0.25) is 0 Å². The molecule has 0 radical (unpaired) electrons. The van der Waals surface area contributed by atoms with E-state index in [1.54, 1.807) is 27.7 Å². The average Bonchev–Trinajstić information content (AvgIpc) is 2.70. The number of esters is 3. The fourth-order valence-electron chi connectivity index (χ4n) is 2.73. The lowest BCUT2D eigenvalue weighted by atomic mass is 9.88. The van der Waals surface area contributed by atoms with Gasteiger partial charge in [-0.1, -0.05) is 12.2 Å². The van der Waals surface area contributed by atoms with Crippen molar-refractivity contribution < 1.29 is 42.9 Å². The molecule has 0 bridgehead atoms. The smallest absolute Gasteiger partial charge is 0.408 e. The molecule has 2 N–H and O–H groups in total. The minimum Gasteiger partial charge on any atom is -0.466 e. The van der Waals surface area contributed by atoms with E-state index in [4.69, 9.17) is 18.9 Å².